The van der Waals surface area contributed by atoms with Crippen LogP contribution >= 0.6 is 22.9 Å². The Morgan fingerprint density at radius 2 is 2.28 bits per heavy atom. The van der Waals surface area contributed by atoms with Crippen LogP contribution in [-0.4, -0.2) is 27.2 Å². The molecule has 128 valence electrons. The fraction of sp³-hybridized carbons (Fsp3) is 0.222. The van der Waals surface area contributed by atoms with Crippen molar-refractivity contribution in [2.24, 2.45) is 0 Å². The smallest absolute Gasteiger partial charge is 0.317 e. The maximum atomic E-state index is 12.8. The van der Waals surface area contributed by atoms with Gasteiger partial charge in [0, 0.05) is 34.4 Å². The number of H-pyrrole nitrogens is 1. The Hall–Kier alpha value is -2.31. The van der Waals surface area contributed by atoms with Crippen molar-refractivity contribution in [2.75, 3.05) is 5.32 Å². The number of nitrogens with one attached hydrogen (secondary N) is 2. The van der Waals surface area contributed by atoms with E-state index in [1.54, 1.807) is 23.5 Å². The lowest BCUT2D eigenvalue weighted by Gasteiger charge is -2.33. The Bertz CT molecular complexity index is 906. The second-order valence-electron chi connectivity index (χ2n) is 6.13. The molecule has 0 aliphatic carbocycles. The van der Waals surface area contributed by atoms with Gasteiger partial charge < -0.3 is 10.2 Å². The standard InChI is InChI=1S/C18H17ClN4OS/c1-11-8-15-14(17(22-21-15)16-6-3-7-25-16)10-23(11)18(24)20-13-5-2-4-12(19)9-13/h2-7,9,11H,8,10H2,1H3,(H,20,24)(H,21,22). The summed E-state index contributed by atoms with van der Waals surface area (Å²) < 4.78 is 0. The van der Waals surface area contributed by atoms with Crippen LogP contribution in [0.3, 0.4) is 0 Å². The predicted octanol–water partition coefficient (Wildman–Crippen LogP) is 4.77. The summed E-state index contributed by atoms with van der Waals surface area (Å²) >= 11 is 7.65. The Morgan fingerprint density at radius 3 is 3.04 bits per heavy atom. The van der Waals surface area contributed by atoms with Crippen molar-refractivity contribution >= 4 is 34.7 Å². The molecule has 0 bridgehead atoms. The van der Waals surface area contributed by atoms with Crippen LogP contribution in [0.2, 0.25) is 5.02 Å². The van der Waals surface area contributed by atoms with Gasteiger partial charge in [-0.25, -0.2) is 4.79 Å². The second-order valence-corrected chi connectivity index (χ2v) is 7.51. The molecule has 3 heterocycles. The number of hydrogen-bond acceptors (Lipinski definition) is 3. The first-order valence-corrected chi connectivity index (χ1v) is 9.31. The number of urea groups is 1. The highest BCUT2D eigenvalue weighted by Crippen LogP contribution is 2.33. The monoisotopic (exact) mass is 372 g/mol. The predicted molar refractivity (Wildman–Crippen MR) is 101 cm³/mol. The zero-order chi connectivity index (χ0) is 17.4. The highest BCUT2D eigenvalue weighted by molar-refractivity contribution is 7.13. The first-order chi connectivity index (χ1) is 12.1. The van der Waals surface area contributed by atoms with Crippen molar-refractivity contribution in [3.63, 3.8) is 0 Å². The fourth-order valence-electron chi connectivity index (χ4n) is 3.12. The van der Waals surface area contributed by atoms with Crippen molar-refractivity contribution < 1.29 is 4.79 Å². The van der Waals surface area contributed by atoms with Crippen LogP contribution in [-0.2, 0) is 13.0 Å². The number of nitrogens with zero attached hydrogens (tertiary/aromatic N) is 2. The molecule has 1 unspecified atom stereocenters. The van der Waals surface area contributed by atoms with Gasteiger partial charge in [0.2, 0.25) is 0 Å². The number of amides is 2. The molecule has 1 atom stereocenters. The normalized spacial score (nSPS) is 16.6. The lowest BCUT2D eigenvalue weighted by molar-refractivity contribution is 0.182. The van der Waals surface area contributed by atoms with E-state index in [4.69, 9.17) is 11.6 Å². The molecule has 0 radical (unpaired) electrons. The number of carbonyl (C=O) groups is 1. The minimum Gasteiger partial charge on any atom is -0.317 e. The van der Waals surface area contributed by atoms with Gasteiger partial charge in [0.15, 0.2) is 0 Å². The van der Waals surface area contributed by atoms with Gasteiger partial charge in [0.05, 0.1) is 11.4 Å². The maximum Gasteiger partial charge on any atom is 0.322 e. The largest absolute Gasteiger partial charge is 0.322 e. The molecule has 3 aromatic rings. The number of carbonyl (C=O) groups excluding carboxylic acids is 1. The minimum atomic E-state index is -0.126. The number of fused-ring (bicyclic) bond motifs is 1. The molecule has 0 spiro atoms. The fourth-order valence-corrected chi connectivity index (χ4v) is 4.05. The van der Waals surface area contributed by atoms with E-state index in [-0.39, 0.29) is 12.1 Å². The van der Waals surface area contributed by atoms with Gasteiger partial charge in [-0.3, -0.25) is 5.10 Å². The molecule has 25 heavy (non-hydrogen) atoms. The third-order valence-corrected chi connectivity index (χ3v) is 5.52. The van der Waals surface area contributed by atoms with Crippen LogP contribution in [0.1, 0.15) is 18.2 Å². The Morgan fingerprint density at radius 1 is 1.40 bits per heavy atom. The van der Waals surface area contributed by atoms with Crippen LogP contribution in [0.5, 0.6) is 0 Å². The average Bonchev–Trinajstić information content (AvgIpc) is 3.22. The maximum absolute atomic E-state index is 12.8. The van der Waals surface area contributed by atoms with Gasteiger partial charge in [-0.1, -0.05) is 23.7 Å². The third kappa shape index (κ3) is 3.15. The van der Waals surface area contributed by atoms with Crippen LogP contribution in [0.25, 0.3) is 10.6 Å². The van der Waals surface area contributed by atoms with E-state index in [0.717, 1.165) is 28.2 Å². The summed E-state index contributed by atoms with van der Waals surface area (Å²) in [5.41, 5.74) is 3.85. The number of benzene rings is 1. The van der Waals surface area contributed by atoms with E-state index in [1.807, 2.05) is 35.4 Å². The molecule has 4 rings (SSSR count). The summed E-state index contributed by atoms with van der Waals surface area (Å²) in [7, 11) is 0. The summed E-state index contributed by atoms with van der Waals surface area (Å²) in [4.78, 5) is 15.7. The van der Waals surface area contributed by atoms with Crippen molar-refractivity contribution in [2.45, 2.75) is 25.9 Å². The number of halogens is 1. The van der Waals surface area contributed by atoms with Gasteiger partial charge in [-0.2, -0.15) is 5.10 Å². The van der Waals surface area contributed by atoms with Gasteiger partial charge >= 0.3 is 6.03 Å². The van der Waals surface area contributed by atoms with Crippen LogP contribution in [0, 0.1) is 0 Å². The molecule has 2 amide bonds. The zero-order valence-corrected chi connectivity index (χ0v) is 15.2. The second kappa shape index (κ2) is 6.54. The highest BCUT2D eigenvalue weighted by atomic mass is 35.5. The first-order valence-electron chi connectivity index (χ1n) is 8.05. The van der Waals surface area contributed by atoms with E-state index >= 15 is 0 Å². The molecule has 0 fully saturated rings. The summed E-state index contributed by atoms with van der Waals surface area (Å²) in [6.45, 7) is 2.58. The summed E-state index contributed by atoms with van der Waals surface area (Å²) in [6.07, 6.45) is 0.761. The molecular formula is C18H17ClN4OS. The SMILES string of the molecule is CC1Cc2[nH]nc(-c3cccs3)c2CN1C(=O)Nc1cccc(Cl)c1. The third-order valence-electron chi connectivity index (χ3n) is 4.40. The molecule has 0 saturated carbocycles. The summed E-state index contributed by atoms with van der Waals surface area (Å²) in [6, 6.07) is 11.2. The number of rotatable bonds is 2. The molecule has 2 N–H and O–H groups in total. The summed E-state index contributed by atoms with van der Waals surface area (Å²) in [5, 5.41) is 13.2. The van der Waals surface area contributed by atoms with Crippen LogP contribution < -0.4 is 5.32 Å². The number of aromatic nitrogens is 2. The van der Waals surface area contributed by atoms with Gasteiger partial charge in [-0.05, 0) is 36.6 Å². The van der Waals surface area contributed by atoms with Crippen LogP contribution in [0.4, 0.5) is 10.5 Å². The van der Waals surface area contributed by atoms with E-state index in [0.29, 0.717) is 17.3 Å². The van der Waals surface area contributed by atoms with E-state index in [9.17, 15) is 4.79 Å². The number of anilines is 1. The quantitative estimate of drug-likeness (QED) is 0.680. The minimum absolute atomic E-state index is 0.0864. The molecular weight excluding hydrogens is 356 g/mol. The first kappa shape index (κ1) is 16.2. The van der Waals surface area contributed by atoms with E-state index in [2.05, 4.69) is 21.6 Å². The molecule has 5 nitrogen and oxygen atoms in total. The van der Waals surface area contributed by atoms with Gasteiger partial charge in [0.25, 0.3) is 0 Å². The van der Waals surface area contributed by atoms with Crippen molar-refractivity contribution in [3.05, 3.63) is 58.1 Å². The van der Waals surface area contributed by atoms with E-state index in [1.165, 1.54) is 0 Å². The average molecular weight is 373 g/mol. The van der Waals surface area contributed by atoms with E-state index < -0.39 is 0 Å². The molecule has 2 aromatic heterocycles. The Balaban J connectivity index is 1.58. The highest BCUT2D eigenvalue weighted by Gasteiger charge is 2.30. The molecule has 7 heteroatoms. The summed E-state index contributed by atoms with van der Waals surface area (Å²) in [5.74, 6) is 0. The molecule has 0 saturated heterocycles. The van der Waals surface area contributed by atoms with Crippen molar-refractivity contribution in [3.8, 4) is 10.6 Å². The lowest BCUT2D eigenvalue weighted by Crippen LogP contribution is -2.44. The van der Waals surface area contributed by atoms with Crippen LogP contribution in [0.15, 0.2) is 41.8 Å². The molecule has 1 aromatic carbocycles. The van der Waals surface area contributed by atoms with Gasteiger partial charge in [0.1, 0.15) is 5.69 Å². The van der Waals surface area contributed by atoms with Gasteiger partial charge in [-0.15, -0.1) is 11.3 Å². The Labute approximate surface area is 154 Å². The lowest BCUT2D eigenvalue weighted by atomic mass is 9.99. The van der Waals surface area contributed by atoms with Crippen molar-refractivity contribution in [1.82, 2.24) is 15.1 Å². The topological polar surface area (TPSA) is 61.0 Å². The number of aromatic amines is 1. The Kier molecular flexibility index (Phi) is 4.23. The number of hydrogen-bond donors (Lipinski definition) is 2. The number of thiophene rings is 1. The molecule has 1 aliphatic heterocycles. The zero-order valence-electron chi connectivity index (χ0n) is 13.6. The van der Waals surface area contributed by atoms with Crippen molar-refractivity contribution in [1.29, 1.82) is 0 Å². The molecule has 1 aliphatic rings.